The van der Waals surface area contributed by atoms with E-state index in [0.29, 0.717) is 5.75 Å². The van der Waals surface area contributed by atoms with Crippen molar-refractivity contribution in [2.24, 2.45) is 0 Å². The van der Waals surface area contributed by atoms with Crippen LogP contribution in [-0.4, -0.2) is 62.1 Å². The summed E-state index contributed by atoms with van der Waals surface area (Å²) in [4.78, 5) is 34.4. The molecule has 2 fully saturated rings. The Hall–Kier alpha value is -2.02. The summed E-state index contributed by atoms with van der Waals surface area (Å²) in [5.41, 5.74) is 1.82. The van der Waals surface area contributed by atoms with Gasteiger partial charge in [0.25, 0.3) is 0 Å². The number of nitrogens with zero attached hydrogens (tertiary/aromatic N) is 4. The van der Waals surface area contributed by atoms with Crippen LogP contribution in [0, 0.1) is 0 Å². The SMILES string of the molecule is CC1CCCC(C)N1C(=O)Cn1c(SCC(=O)N2CCCC2)nc2ccccc21. The van der Waals surface area contributed by atoms with Gasteiger partial charge in [-0.2, -0.15) is 0 Å². The zero-order valence-corrected chi connectivity index (χ0v) is 18.2. The molecule has 1 aromatic heterocycles. The number of piperidine rings is 1. The lowest BCUT2D eigenvalue weighted by molar-refractivity contribution is -0.138. The van der Waals surface area contributed by atoms with Crippen LogP contribution < -0.4 is 0 Å². The number of para-hydroxylation sites is 2. The fraction of sp³-hybridized carbons (Fsp3) is 0.591. The lowest BCUT2D eigenvalue weighted by Gasteiger charge is -2.39. The number of carbonyl (C=O) groups excluding carboxylic acids is 2. The van der Waals surface area contributed by atoms with Gasteiger partial charge >= 0.3 is 0 Å². The molecule has 3 heterocycles. The summed E-state index contributed by atoms with van der Waals surface area (Å²) in [7, 11) is 0. The van der Waals surface area contributed by atoms with Gasteiger partial charge in [0, 0.05) is 25.2 Å². The van der Waals surface area contributed by atoms with Gasteiger partial charge in [-0.3, -0.25) is 9.59 Å². The van der Waals surface area contributed by atoms with Crippen molar-refractivity contribution in [3.05, 3.63) is 24.3 Å². The van der Waals surface area contributed by atoms with E-state index in [0.717, 1.165) is 55.0 Å². The van der Waals surface area contributed by atoms with E-state index in [9.17, 15) is 9.59 Å². The van der Waals surface area contributed by atoms with E-state index in [2.05, 4.69) is 13.8 Å². The normalized spacial score (nSPS) is 22.4. The highest BCUT2D eigenvalue weighted by Crippen LogP contribution is 2.27. The molecule has 0 bridgehead atoms. The highest BCUT2D eigenvalue weighted by Gasteiger charge is 2.30. The maximum atomic E-state index is 13.2. The molecule has 0 saturated carbocycles. The van der Waals surface area contributed by atoms with Crippen LogP contribution in [0.15, 0.2) is 29.4 Å². The molecular formula is C22H30N4O2S. The summed E-state index contributed by atoms with van der Waals surface area (Å²) in [6.45, 7) is 6.28. The molecule has 2 amide bonds. The van der Waals surface area contributed by atoms with Crippen LogP contribution in [0.1, 0.15) is 46.0 Å². The summed E-state index contributed by atoms with van der Waals surface area (Å²) in [5, 5.41) is 0.754. The van der Waals surface area contributed by atoms with Crippen molar-refractivity contribution in [2.75, 3.05) is 18.8 Å². The average molecular weight is 415 g/mol. The number of thioether (sulfide) groups is 1. The van der Waals surface area contributed by atoms with Crippen molar-refractivity contribution in [2.45, 2.75) is 69.7 Å². The fourth-order valence-electron chi connectivity index (χ4n) is 4.63. The molecule has 2 aliphatic heterocycles. The molecule has 1 aromatic carbocycles. The Kier molecular flexibility index (Phi) is 6.13. The molecule has 0 radical (unpaired) electrons. The molecule has 0 spiro atoms. The molecule has 2 aliphatic rings. The van der Waals surface area contributed by atoms with Gasteiger partial charge in [-0.25, -0.2) is 4.98 Å². The third kappa shape index (κ3) is 4.29. The molecule has 6 nitrogen and oxygen atoms in total. The quantitative estimate of drug-likeness (QED) is 0.702. The molecule has 4 rings (SSSR count). The summed E-state index contributed by atoms with van der Waals surface area (Å²) in [6, 6.07) is 8.45. The minimum Gasteiger partial charge on any atom is -0.342 e. The lowest BCUT2D eigenvalue weighted by atomic mass is 9.97. The Balaban J connectivity index is 1.54. The van der Waals surface area contributed by atoms with Crippen molar-refractivity contribution in [1.29, 1.82) is 0 Å². The summed E-state index contributed by atoms with van der Waals surface area (Å²) in [6.07, 6.45) is 5.49. The second kappa shape index (κ2) is 8.78. The third-order valence-electron chi connectivity index (χ3n) is 6.18. The first-order valence-electron chi connectivity index (χ1n) is 10.7. The maximum Gasteiger partial charge on any atom is 0.243 e. The topological polar surface area (TPSA) is 58.4 Å². The van der Waals surface area contributed by atoms with E-state index in [1.54, 1.807) is 0 Å². The molecular weight excluding hydrogens is 384 g/mol. The minimum absolute atomic E-state index is 0.139. The molecule has 29 heavy (non-hydrogen) atoms. The first kappa shape index (κ1) is 20.3. The number of likely N-dealkylation sites (tertiary alicyclic amines) is 2. The molecule has 2 atom stereocenters. The highest BCUT2D eigenvalue weighted by molar-refractivity contribution is 7.99. The van der Waals surface area contributed by atoms with Gasteiger partial charge < -0.3 is 14.4 Å². The van der Waals surface area contributed by atoms with Crippen LogP contribution in [0.5, 0.6) is 0 Å². The summed E-state index contributed by atoms with van der Waals surface area (Å²) in [5.74, 6) is 0.671. The van der Waals surface area contributed by atoms with Gasteiger partial charge in [0.1, 0.15) is 6.54 Å². The molecule has 7 heteroatoms. The second-order valence-electron chi connectivity index (χ2n) is 8.28. The Labute approximate surface area is 176 Å². The van der Waals surface area contributed by atoms with Crippen LogP contribution in [-0.2, 0) is 16.1 Å². The second-order valence-corrected chi connectivity index (χ2v) is 9.22. The molecule has 156 valence electrons. The van der Waals surface area contributed by atoms with Crippen molar-refractivity contribution in [3.8, 4) is 0 Å². The van der Waals surface area contributed by atoms with E-state index < -0.39 is 0 Å². The number of imidazole rings is 1. The van der Waals surface area contributed by atoms with Crippen LogP contribution in [0.2, 0.25) is 0 Å². The number of benzene rings is 1. The van der Waals surface area contributed by atoms with Gasteiger partial charge in [0.2, 0.25) is 11.8 Å². The maximum absolute atomic E-state index is 13.2. The summed E-state index contributed by atoms with van der Waals surface area (Å²) >= 11 is 1.45. The number of rotatable bonds is 5. The Morgan fingerprint density at radius 3 is 2.45 bits per heavy atom. The van der Waals surface area contributed by atoms with Crippen molar-refractivity contribution >= 4 is 34.6 Å². The predicted molar refractivity (Wildman–Crippen MR) is 116 cm³/mol. The van der Waals surface area contributed by atoms with E-state index in [1.807, 2.05) is 38.6 Å². The monoisotopic (exact) mass is 414 g/mol. The van der Waals surface area contributed by atoms with Gasteiger partial charge in [-0.15, -0.1) is 0 Å². The highest BCUT2D eigenvalue weighted by atomic mass is 32.2. The van der Waals surface area contributed by atoms with Crippen LogP contribution in [0.25, 0.3) is 11.0 Å². The lowest BCUT2D eigenvalue weighted by Crippen LogP contribution is -2.48. The molecule has 0 N–H and O–H groups in total. The van der Waals surface area contributed by atoms with Gasteiger partial charge in [-0.05, 0) is 58.1 Å². The molecule has 2 unspecified atom stereocenters. The number of hydrogen-bond acceptors (Lipinski definition) is 4. The van der Waals surface area contributed by atoms with Crippen molar-refractivity contribution in [3.63, 3.8) is 0 Å². The van der Waals surface area contributed by atoms with Crippen LogP contribution in [0.4, 0.5) is 0 Å². The first-order valence-corrected chi connectivity index (χ1v) is 11.7. The van der Waals surface area contributed by atoms with E-state index in [4.69, 9.17) is 4.98 Å². The van der Waals surface area contributed by atoms with E-state index >= 15 is 0 Å². The van der Waals surface area contributed by atoms with Crippen LogP contribution in [0.3, 0.4) is 0 Å². The number of hydrogen-bond donors (Lipinski definition) is 0. The smallest absolute Gasteiger partial charge is 0.243 e. The number of aromatic nitrogens is 2. The average Bonchev–Trinajstić information content (AvgIpc) is 3.35. The number of carbonyl (C=O) groups is 2. The Morgan fingerprint density at radius 1 is 1.03 bits per heavy atom. The predicted octanol–water partition coefficient (Wildman–Crippen LogP) is 3.54. The third-order valence-corrected chi connectivity index (χ3v) is 7.14. The summed E-state index contributed by atoms with van der Waals surface area (Å²) < 4.78 is 1.99. The van der Waals surface area contributed by atoms with Crippen molar-refractivity contribution in [1.82, 2.24) is 19.4 Å². The van der Waals surface area contributed by atoms with Crippen molar-refractivity contribution < 1.29 is 9.59 Å². The first-order chi connectivity index (χ1) is 14.0. The molecule has 2 aromatic rings. The van der Waals surface area contributed by atoms with Gasteiger partial charge in [0.15, 0.2) is 5.16 Å². The van der Waals surface area contributed by atoms with Crippen LogP contribution >= 0.6 is 11.8 Å². The largest absolute Gasteiger partial charge is 0.342 e. The fourth-order valence-corrected chi connectivity index (χ4v) is 5.55. The van der Waals surface area contributed by atoms with E-state index in [-0.39, 0.29) is 30.4 Å². The number of amides is 2. The van der Waals surface area contributed by atoms with Gasteiger partial charge in [0.05, 0.1) is 16.8 Å². The van der Waals surface area contributed by atoms with E-state index in [1.165, 1.54) is 18.2 Å². The molecule has 2 saturated heterocycles. The van der Waals surface area contributed by atoms with Gasteiger partial charge in [-0.1, -0.05) is 23.9 Å². The molecule has 0 aliphatic carbocycles. The number of fused-ring (bicyclic) bond motifs is 1. The standard InChI is InChI=1S/C22H30N4O2S/c1-16-8-7-9-17(2)26(16)20(27)14-25-19-11-4-3-10-18(19)23-22(25)29-15-21(28)24-12-5-6-13-24/h3-4,10-11,16-17H,5-9,12-15H2,1-2H3. The zero-order valence-electron chi connectivity index (χ0n) is 17.3. The Morgan fingerprint density at radius 2 is 1.72 bits per heavy atom. The Bertz CT molecular complexity index is 880. The zero-order chi connectivity index (χ0) is 20.4. The minimum atomic E-state index is 0.139.